The summed E-state index contributed by atoms with van der Waals surface area (Å²) in [6.45, 7) is 4.05. The Bertz CT molecular complexity index is 445. The molecule has 1 unspecified atom stereocenters. The molecule has 0 fully saturated rings. The number of carboxylic acid groups (broad SMARTS) is 1. The van der Waals surface area contributed by atoms with Gasteiger partial charge in [0.25, 0.3) is 0 Å². The van der Waals surface area contributed by atoms with E-state index in [9.17, 15) is 9.59 Å². The highest BCUT2D eigenvalue weighted by Crippen LogP contribution is 2.12. The summed E-state index contributed by atoms with van der Waals surface area (Å²) >= 11 is 1.28. The summed E-state index contributed by atoms with van der Waals surface area (Å²) in [5.41, 5.74) is 6.08. The van der Waals surface area contributed by atoms with E-state index < -0.39 is 11.9 Å². The molecular weight excluding hydrogens is 266 g/mol. The Morgan fingerprint density at radius 3 is 2.68 bits per heavy atom. The third-order valence-corrected chi connectivity index (χ3v) is 3.28. The molecule has 106 valence electrons. The molecule has 1 rings (SSSR count). The number of aromatic nitrogens is 1. The first-order chi connectivity index (χ1) is 8.88. The summed E-state index contributed by atoms with van der Waals surface area (Å²) in [5, 5.41) is 13.8. The van der Waals surface area contributed by atoms with Gasteiger partial charge in [-0.05, 0) is 12.3 Å². The third-order valence-electron chi connectivity index (χ3n) is 2.56. The normalized spacial score (nSPS) is 12.4. The monoisotopic (exact) mass is 285 g/mol. The molecular formula is C12H19N3O3S. The zero-order valence-corrected chi connectivity index (χ0v) is 11.9. The Kier molecular flexibility index (Phi) is 5.75. The van der Waals surface area contributed by atoms with E-state index in [0.717, 1.165) is 0 Å². The number of carbonyl (C=O) groups excluding carboxylic acids is 1. The third kappa shape index (κ3) is 5.69. The zero-order chi connectivity index (χ0) is 14.4. The van der Waals surface area contributed by atoms with Gasteiger partial charge in [-0.3, -0.25) is 9.59 Å². The summed E-state index contributed by atoms with van der Waals surface area (Å²) < 4.78 is 0. The number of nitrogen functional groups attached to an aromatic ring is 1. The smallest absolute Gasteiger partial charge is 0.308 e. The number of nitrogens with one attached hydrogen (secondary N) is 1. The van der Waals surface area contributed by atoms with Crippen LogP contribution in [0.2, 0.25) is 0 Å². The average Bonchev–Trinajstić information content (AvgIpc) is 2.69. The van der Waals surface area contributed by atoms with E-state index in [1.54, 1.807) is 5.38 Å². The molecule has 0 aromatic carbocycles. The summed E-state index contributed by atoms with van der Waals surface area (Å²) in [6.07, 6.45) is 0.668. The minimum Gasteiger partial charge on any atom is -0.481 e. The van der Waals surface area contributed by atoms with Crippen molar-refractivity contribution in [3.8, 4) is 0 Å². The number of anilines is 1. The van der Waals surface area contributed by atoms with Crippen LogP contribution in [0, 0.1) is 11.8 Å². The maximum atomic E-state index is 11.7. The van der Waals surface area contributed by atoms with Gasteiger partial charge < -0.3 is 16.2 Å². The molecule has 4 N–H and O–H groups in total. The van der Waals surface area contributed by atoms with Gasteiger partial charge in [0.1, 0.15) is 0 Å². The van der Waals surface area contributed by atoms with Gasteiger partial charge in [0.2, 0.25) is 5.91 Å². The van der Waals surface area contributed by atoms with Crippen LogP contribution in [0.1, 0.15) is 26.0 Å². The van der Waals surface area contributed by atoms with Crippen molar-refractivity contribution in [2.45, 2.75) is 26.7 Å². The number of rotatable bonds is 7. The summed E-state index contributed by atoms with van der Waals surface area (Å²) in [7, 11) is 0. The predicted octanol–water partition coefficient (Wildman–Crippen LogP) is 1.13. The molecule has 0 aliphatic heterocycles. The van der Waals surface area contributed by atoms with Gasteiger partial charge in [0, 0.05) is 11.9 Å². The Morgan fingerprint density at radius 1 is 1.53 bits per heavy atom. The van der Waals surface area contributed by atoms with Crippen LogP contribution in [0.25, 0.3) is 0 Å². The number of aliphatic carboxylic acids is 1. The molecule has 1 atom stereocenters. The van der Waals surface area contributed by atoms with Gasteiger partial charge in [-0.1, -0.05) is 13.8 Å². The average molecular weight is 285 g/mol. The summed E-state index contributed by atoms with van der Waals surface area (Å²) in [5.74, 6) is -1.40. The first-order valence-electron chi connectivity index (χ1n) is 6.08. The van der Waals surface area contributed by atoms with E-state index >= 15 is 0 Å². The van der Waals surface area contributed by atoms with Crippen molar-refractivity contribution < 1.29 is 14.7 Å². The van der Waals surface area contributed by atoms with Gasteiger partial charge in [0.05, 0.1) is 18.0 Å². The van der Waals surface area contributed by atoms with Crippen LogP contribution in [0.5, 0.6) is 0 Å². The van der Waals surface area contributed by atoms with Gasteiger partial charge >= 0.3 is 5.97 Å². The number of hydrogen-bond donors (Lipinski definition) is 3. The molecule has 7 heteroatoms. The van der Waals surface area contributed by atoms with Crippen molar-refractivity contribution in [1.29, 1.82) is 0 Å². The Balaban J connectivity index is 2.41. The molecule has 0 aliphatic rings. The van der Waals surface area contributed by atoms with E-state index in [4.69, 9.17) is 10.8 Å². The molecule has 0 bridgehead atoms. The SMILES string of the molecule is CC(C)CC(CNC(=O)Cc1csc(N)n1)C(=O)O. The molecule has 0 aliphatic carbocycles. The molecule has 0 radical (unpaired) electrons. The highest BCUT2D eigenvalue weighted by atomic mass is 32.1. The second-order valence-corrected chi connectivity index (χ2v) is 5.71. The van der Waals surface area contributed by atoms with Crippen molar-refractivity contribution in [3.05, 3.63) is 11.1 Å². The molecule has 0 saturated heterocycles. The van der Waals surface area contributed by atoms with Crippen molar-refractivity contribution in [1.82, 2.24) is 10.3 Å². The van der Waals surface area contributed by atoms with Crippen LogP contribution < -0.4 is 11.1 Å². The fourth-order valence-electron chi connectivity index (χ4n) is 1.71. The number of carboxylic acids is 1. The van der Waals surface area contributed by atoms with E-state index in [1.807, 2.05) is 13.8 Å². The van der Waals surface area contributed by atoms with Crippen LogP contribution >= 0.6 is 11.3 Å². The van der Waals surface area contributed by atoms with E-state index in [1.165, 1.54) is 11.3 Å². The van der Waals surface area contributed by atoms with Crippen molar-refractivity contribution >= 4 is 28.3 Å². The van der Waals surface area contributed by atoms with Gasteiger partial charge in [-0.25, -0.2) is 4.98 Å². The molecule has 1 heterocycles. The topological polar surface area (TPSA) is 105 Å². The molecule has 6 nitrogen and oxygen atoms in total. The fourth-order valence-corrected chi connectivity index (χ4v) is 2.27. The molecule has 0 saturated carbocycles. The lowest BCUT2D eigenvalue weighted by Gasteiger charge is -2.15. The first kappa shape index (κ1) is 15.4. The van der Waals surface area contributed by atoms with Gasteiger partial charge in [-0.15, -0.1) is 11.3 Å². The Labute approximate surface area is 116 Å². The van der Waals surface area contributed by atoms with Crippen LogP contribution in [0.4, 0.5) is 5.13 Å². The van der Waals surface area contributed by atoms with Gasteiger partial charge in [-0.2, -0.15) is 0 Å². The number of nitrogens with zero attached hydrogens (tertiary/aromatic N) is 1. The standard InChI is InChI=1S/C12H19N3O3S/c1-7(2)3-8(11(17)18)5-14-10(16)4-9-6-19-12(13)15-9/h6-8H,3-5H2,1-2H3,(H2,13,15)(H,14,16)(H,17,18). The molecule has 19 heavy (non-hydrogen) atoms. The van der Waals surface area contributed by atoms with Crippen LogP contribution in [-0.4, -0.2) is 28.5 Å². The number of hydrogen-bond acceptors (Lipinski definition) is 5. The second kappa shape index (κ2) is 7.08. The molecule has 0 spiro atoms. The number of nitrogens with two attached hydrogens (primary N) is 1. The van der Waals surface area contributed by atoms with Gasteiger partial charge in [0.15, 0.2) is 5.13 Å². The number of carbonyl (C=O) groups is 2. The van der Waals surface area contributed by atoms with E-state index in [-0.39, 0.29) is 24.8 Å². The Morgan fingerprint density at radius 2 is 2.21 bits per heavy atom. The lowest BCUT2D eigenvalue weighted by atomic mass is 9.97. The lowest BCUT2D eigenvalue weighted by molar-refractivity contribution is -0.142. The van der Waals surface area contributed by atoms with E-state index in [2.05, 4.69) is 10.3 Å². The second-order valence-electron chi connectivity index (χ2n) is 4.82. The van der Waals surface area contributed by atoms with Crippen molar-refractivity contribution in [2.24, 2.45) is 11.8 Å². The predicted molar refractivity (Wildman–Crippen MR) is 73.8 cm³/mol. The largest absolute Gasteiger partial charge is 0.481 e. The van der Waals surface area contributed by atoms with E-state index in [0.29, 0.717) is 17.2 Å². The highest BCUT2D eigenvalue weighted by molar-refractivity contribution is 7.13. The first-order valence-corrected chi connectivity index (χ1v) is 6.95. The van der Waals surface area contributed by atoms with Crippen LogP contribution in [-0.2, 0) is 16.0 Å². The van der Waals surface area contributed by atoms with Crippen LogP contribution in [0.15, 0.2) is 5.38 Å². The zero-order valence-electron chi connectivity index (χ0n) is 11.0. The maximum Gasteiger partial charge on any atom is 0.308 e. The minimum atomic E-state index is -0.882. The Hall–Kier alpha value is -1.63. The van der Waals surface area contributed by atoms with Crippen LogP contribution in [0.3, 0.4) is 0 Å². The molecule has 1 aromatic rings. The van der Waals surface area contributed by atoms with Crippen molar-refractivity contribution in [2.75, 3.05) is 12.3 Å². The molecule has 1 aromatic heterocycles. The number of thiazole rings is 1. The van der Waals surface area contributed by atoms with Crippen molar-refractivity contribution in [3.63, 3.8) is 0 Å². The fraction of sp³-hybridized carbons (Fsp3) is 0.583. The highest BCUT2D eigenvalue weighted by Gasteiger charge is 2.19. The molecule has 1 amide bonds. The quantitative estimate of drug-likeness (QED) is 0.696. The minimum absolute atomic E-state index is 0.127. The number of amides is 1. The summed E-state index contributed by atoms with van der Waals surface area (Å²) in [6, 6.07) is 0. The summed E-state index contributed by atoms with van der Waals surface area (Å²) in [4.78, 5) is 26.7. The lowest BCUT2D eigenvalue weighted by Crippen LogP contribution is -2.34. The maximum absolute atomic E-state index is 11.7.